The maximum atomic E-state index is 6.22. The molecule has 0 N–H and O–H groups in total. The Kier molecular flexibility index (Phi) is 3.99. The number of ether oxygens (including phenoxy) is 4. The second-order valence-corrected chi connectivity index (χ2v) is 7.65. The normalized spacial score (nSPS) is 49.4. The molecule has 4 fully saturated rings. The summed E-state index contributed by atoms with van der Waals surface area (Å²) in [5.41, 5.74) is -0.425. The van der Waals surface area contributed by atoms with Crippen molar-refractivity contribution in [1.29, 1.82) is 0 Å². The molecule has 132 valence electrons. The van der Waals surface area contributed by atoms with E-state index < -0.39 is 0 Å². The van der Waals surface area contributed by atoms with Crippen LogP contribution in [0.4, 0.5) is 0 Å². The zero-order chi connectivity index (χ0) is 16.2. The van der Waals surface area contributed by atoms with Crippen LogP contribution in [0.1, 0.15) is 27.2 Å². The molecule has 4 rings (SSSR count). The summed E-state index contributed by atoms with van der Waals surface area (Å²) in [7, 11) is 2.00. The summed E-state index contributed by atoms with van der Waals surface area (Å²) in [4.78, 5) is 6.22. The second kappa shape index (κ2) is 5.64. The molecule has 1 unspecified atom stereocenters. The molecule has 0 aromatic rings. The zero-order valence-corrected chi connectivity index (χ0v) is 14.6. The molecule has 6 heteroatoms. The Morgan fingerprint density at radius 3 is 2.43 bits per heavy atom. The van der Waals surface area contributed by atoms with Crippen LogP contribution in [0.15, 0.2) is 0 Å². The van der Waals surface area contributed by atoms with Crippen molar-refractivity contribution >= 4 is 0 Å². The van der Waals surface area contributed by atoms with E-state index in [0.717, 1.165) is 13.0 Å². The quantitative estimate of drug-likeness (QED) is 0.684. The van der Waals surface area contributed by atoms with Crippen molar-refractivity contribution < 1.29 is 23.8 Å². The van der Waals surface area contributed by atoms with E-state index in [0.29, 0.717) is 38.3 Å². The topological polar surface area (TPSA) is 49.4 Å². The van der Waals surface area contributed by atoms with Gasteiger partial charge in [-0.25, -0.2) is 0 Å². The van der Waals surface area contributed by atoms with E-state index in [-0.39, 0.29) is 29.5 Å². The predicted octanol–water partition coefficient (Wildman–Crippen LogP) is 1.24. The highest BCUT2D eigenvalue weighted by molar-refractivity contribution is 5.05. The smallest absolute Gasteiger partial charge is 0.124 e. The van der Waals surface area contributed by atoms with Crippen molar-refractivity contribution in [3.63, 3.8) is 0 Å². The molecule has 4 saturated heterocycles. The molecule has 7 atom stereocenters. The minimum absolute atomic E-state index is 0.0338. The lowest BCUT2D eigenvalue weighted by Crippen LogP contribution is -2.51. The third kappa shape index (κ3) is 2.30. The lowest BCUT2D eigenvalue weighted by molar-refractivity contribution is -0.252. The summed E-state index contributed by atoms with van der Waals surface area (Å²) in [5, 5.41) is 1.95. The largest absolute Gasteiger partial charge is 0.372 e. The molecular formula is C17H29NO5. The van der Waals surface area contributed by atoms with Gasteiger partial charge in [-0.05, 0) is 13.3 Å². The minimum atomic E-state index is -0.303. The molecule has 4 aliphatic rings. The molecule has 0 amide bonds. The fourth-order valence-electron chi connectivity index (χ4n) is 4.84. The standard InChI is InChI=1S/C17H29NO5/c1-5-16-9-19-15(8-21-16)13(16)6-18(4)23-12(3)17-10-20-14(7-22-17)11(17)2/h11-15H,5-10H2,1-4H3/t11-,12?,13-,14-,15-,16-,17-/m0/s1. The third-order valence-electron chi connectivity index (χ3n) is 6.65. The highest BCUT2D eigenvalue weighted by Gasteiger charge is 2.59. The van der Waals surface area contributed by atoms with Crippen LogP contribution in [-0.4, -0.2) is 74.6 Å². The van der Waals surface area contributed by atoms with E-state index in [1.807, 2.05) is 12.1 Å². The van der Waals surface area contributed by atoms with E-state index in [1.165, 1.54) is 0 Å². The molecule has 4 heterocycles. The highest BCUT2D eigenvalue weighted by Crippen LogP contribution is 2.45. The molecule has 6 nitrogen and oxygen atoms in total. The first-order valence-electron chi connectivity index (χ1n) is 8.90. The van der Waals surface area contributed by atoms with E-state index >= 15 is 0 Å². The third-order valence-corrected chi connectivity index (χ3v) is 6.65. The van der Waals surface area contributed by atoms with Crippen LogP contribution in [0.5, 0.6) is 0 Å². The van der Waals surface area contributed by atoms with E-state index in [2.05, 4.69) is 20.8 Å². The van der Waals surface area contributed by atoms with Crippen molar-refractivity contribution in [3.8, 4) is 0 Å². The van der Waals surface area contributed by atoms with Gasteiger partial charge in [0, 0.05) is 25.4 Å². The average molecular weight is 327 g/mol. The van der Waals surface area contributed by atoms with E-state index in [4.69, 9.17) is 23.8 Å². The van der Waals surface area contributed by atoms with Gasteiger partial charge in [0.15, 0.2) is 0 Å². The van der Waals surface area contributed by atoms with Gasteiger partial charge in [0.1, 0.15) is 11.7 Å². The maximum Gasteiger partial charge on any atom is 0.124 e. The molecule has 0 radical (unpaired) electrons. The lowest BCUT2D eigenvalue weighted by Gasteiger charge is -2.37. The fourth-order valence-corrected chi connectivity index (χ4v) is 4.84. The maximum absolute atomic E-state index is 6.22. The van der Waals surface area contributed by atoms with Crippen LogP contribution < -0.4 is 0 Å². The Balaban J connectivity index is 1.38. The van der Waals surface area contributed by atoms with Crippen LogP contribution in [0.25, 0.3) is 0 Å². The molecule has 0 spiro atoms. The number of hydrogen-bond donors (Lipinski definition) is 0. The number of hydroxylamine groups is 2. The number of nitrogens with zero attached hydrogens (tertiary/aromatic N) is 1. The number of hydrogen-bond acceptors (Lipinski definition) is 6. The molecule has 0 aromatic carbocycles. The van der Waals surface area contributed by atoms with Crippen LogP contribution >= 0.6 is 0 Å². The molecular weight excluding hydrogens is 298 g/mol. The minimum Gasteiger partial charge on any atom is -0.372 e. The Labute approximate surface area is 138 Å². The first kappa shape index (κ1) is 16.2. The molecule has 0 saturated carbocycles. The first-order chi connectivity index (χ1) is 11.0. The van der Waals surface area contributed by atoms with Crippen LogP contribution in [0.2, 0.25) is 0 Å². The van der Waals surface area contributed by atoms with Crippen molar-refractivity contribution in [2.75, 3.05) is 40.0 Å². The monoisotopic (exact) mass is 327 g/mol. The van der Waals surface area contributed by atoms with Gasteiger partial charge < -0.3 is 18.9 Å². The van der Waals surface area contributed by atoms with E-state index in [9.17, 15) is 0 Å². The Bertz CT molecular complexity index is 442. The van der Waals surface area contributed by atoms with Gasteiger partial charge in [0.05, 0.1) is 44.2 Å². The molecule has 0 aromatic heterocycles. The molecule has 23 heavy (non-hydrogen) atoms. The predicted molar refractivity (Wildman–Crippen MR) is 83.0 cm³/mol. The van der Waals surface area contributed by atoms with Gasteiger partial charge in [-0.15, -0.1) is 0 Å². The number of rotatable bonds is 6. The molecule has 0 aliphatic carbocycles. The Hall–Kier alpha value is -0.240. The van der Waals surface area contributed by atoms with Gasteiger partial charge in [-0.1, -0.05) is 13.8 Å². The molecule has 4 bridgehead atoms. The van der Waals surface area contributed by atoms with E-state index in [1.54, 1.807) is 0 Å². The van der Waals surface area contributed by atoms with Crippen LogP contribution in [0.3, 0.4) is 0 Å². The van der Waals surface area contributed by atoms with Crippen molar-refractivity contribution in [2.24, 2.45) is 11.8 Å². The highest BCUT2D eigenvalue weighted by atomic mass is 16.7. The van der Waals surface area contributed by atoms with Crippen molar-refractivity contribution in [3.05, 3.63) is 0 Å². The zero-order valence-electron chi connectivity index (χ0n) is 14.6. The van der Waals surface area contributed by atoms with Gasteiger partial charge in [-0.2, -0.15) is 5.06 Å². The number of fused-ring (bicyclic) bond motifs is 4. The average Bonchev–Trinajstić information content (AvgIpc) is 3.27. The van der Waals surface area contributed by atoms with Gasteiger partial charge in [0.2, 0.25) is 0 Å². The summed E-state index contributed by atoms with van der Waals surface area (Å²) < 4.78 is 23.8. The summed E-state index contributed by atoms with van der Waals surface area (Å²) >= 11 is 0. The van der Waals surface area contributed by atoms with Crippen LogP contribution in [-0.2, 0) is 23.8 Å². The lowest BCUT2D eigenvalue weighted by atomic mass is 9.86. The van der Waals surface area contributed by atoms with Crippen molar-refractivity contribution in [1.82, 2.24) is 5.06 Å². The molecule has 4 aliphatic heterocycles. The second-order valence-electron chi connectivity index (χ2n) is 7.65. The fraction of sp³-hybridized carbons (Fsp3) is 1.00. The summed E-state index contributed by atoms with van der Waals surface area (Å²) in [6.45, 7) is 10.0. The first-order valence-corrected chi connectivity index (χ1v) is 8.90. The van der Waals surface area contributed by atoms with Crippen molar-refractivity contribution in [2.45, 2.75) is 56.7 Å². The summed E-state index contributed by atoms with van der Waals surface area (Å²) in [5.74, 6) is 0.749. The summed E-state index contributed by atoms with van der Waals surface area (Å²) in [6, 6.07) is 0. The van der Waals surface area contributed by atoms with Gasteiger partial charge >= 0.3 is 0 Å². The Morgan fingerprint density at radius 2 is 1.91 bits per heavy atom. The van der Waals surface area contributed by atoms with Gasteiger partial charge in [-0.3, -0.25) is 4.84 Å². The SMILES string of the molecule is CC[C@@]12CO[C@@H](CO1)[C@@H]2CN(C)OC(C)[C@@]12CO[C@@H](CO1)[C@@H]2C. The van der Waals surface area contributed by atoms with Crippen LogP contribution in [0, 0.1) is 11.8 Å². The summed E-state index contributed by atoms with van der Waals surface area (Å²) in [6.07, 6.45) is 1.38. The Morgan fingerprint density at radius 1 is 1.17 bits per heavy atom. The van der Waals surface area contributed by atoms with Gasteiger partial charge in [0.25, 0.3) is 0 Å².